The standard InChI is InChI=1S/C28H28ClN5O/c29-24-15-20(4-7-26(24)35)19-3-6-25-23(14-19)28(21(16-31-25)13-18-1-2-18)33-27-8-5-22(17-32-27)34-11-9-30-10-12-34/h3-8,14-18,30,35H,1-2,9-13H2,(H,31,32,33). The van der Waals surface area contributed by atoms with Crippen molar-refractivity contribution in [1.29, 1.82) is 0 Å². The summed E-state index contributed by atoms with van der Waals surface area (Å²) < 4.78 is 0. The molecular formula is C28H28ClN5O. The van der Waals surface area contributed by atoms with Gasteiger partial charge in [0.05, 0.1) is 28.1 Å². The second kappa shape index (κ2) is 9.36. The number of phenolic OH excluding ortho intramolecular Hbond substituents is 1. The van der Waals surface area contributed by atoms with Gasteiger partial charge >= 0.3 is 0 Å². The molecule has 0 spiro atoms. The Balaban J connectivity index is 1.38. The predicted octanol–water partition coefficient (Wildman–Crippen LogP) is 5.76. The van der Waals surface area contributed by atoms with Crippen LogP contribution in [0.15, 0.2) is 60.9 Å². The SMILES string of the molecule is Oc1ccc(-c2ccc3ncc(CC4CC4)c(Nc4ccc(N5CCNCC5)cn4)c3c2)cc1Cl. The summed E-state index contributed by atoms with van der Waals surface area (Å²) in [5, 5.41) is 18.3. The molecule has 1 aliphatic carbocycles. The maximum atomic E-state index is 9.83. The van der Waals surface area contributed by atoms with Gasteiger partial charge in [-0.3, -0.25) is 4.98 Å². The number of hydrogen-bond acceptors (Lipinski definition) is 6. The van der Waals surface area contributed by atoms with Crippen LogP contribution in [0.4, 0.5) is 17.2 Å². The number of halogens is 1. The van der Waals surface area contributed by atoms with E-state index in [9.17, 15) is 5.11 Å². The largest absolute Gasteiger partial charge is 0.506 e. The third kappa shape index (κ3) is 4.77. The first-order valence-corrected chi connectivity index (χ1v) is 12.6. The van der Waals surface area contributed by atoms with E-state index in [4.69, 9.17) is 21.6 Å². The van der Waals surface area contributed by atoms with Crippen LogP contribution in [0.2, 0.25) is 5.02 Å². The van der Waals surface area contributed by atoms with E-state index in [-0.39, 0.29) is 5.75 Å². The van der Waals surface area contributed by atoms with Gasteiger partial charge in [-0.25, -0.2) is 4.98 Å². The van der Waals surface area contributed by atoms with Crippen molar-refractivity contribution in [2.75, 3.05) is 36.4 Å². The summed E-state index contributed by atoms with van der Waals surface area (Å²) in [7, 11) is 0. The van der Waals surface area contributed by atoms with Gasteiger partial charge in [-0.2, -0.15) is 0 Å². The van der Waals surface area contributed by atoms with Crippen LogP contribution >= 0.6 is 11.6 Å². The molecule has 6 nitrogen and oxygen atoms in total. The second-order valence-electron chi connectivity index (χ2n) is 9.47. The Kier molecular flexibility index (Phi) is 5.92. The monoisotopic (exact) mass is 485 g/mol. The number of nitrogens with zero attached hydrogens (tertiary/aromatic N) is 3. The predicted molar refractivity (Wildman–Crippen MR) is 143 cm³/mol. The van der Waals surface area contributed by atoms with Crippen molar-refractivity contribution in [2.45, 2.75) is 19.3 Å². The molecule has 1 saturated carbocycles. The average molecular weight is 486 g/mol. The number of aromatic nitrogens is 2. The van der Waals surface area contributed by atoms with Crippen LogP contribution in [0.5, 0.6) is 5.75 Å². The number of pyridine rings is 2. The minimum absolute atomic E-state index is 0.0854. The lowest BCUT2D eigenvalue weighted by atomic mass is 9.99. The Morgan fingerprint density at radius 2 is 1.77 bits per heavy atom. The lowest BCUT2D eigenvalue weighted by molar-refractivity contribution is 0.475. The third-order valence-electron chi connectivity index (χ3n) is 6.92. The molecule has 2 fully saturated rings. The van der Waals surface area contributed by atoms with Crippen LogP contribution in [-0.4, -0.2) is 41.3 Å². The first kappa shape index (κ1) is 22.1. The van der Waals surface area contributed by atoms with Gasteiger partial charge in [0.25, 0.3) is 0 Å². The van der Waals surface area contributed by atoms with Gasteiger partial charge in [0.1, 0.15) is 11.6 Å². The molecule has 3 N–H and O–H groups in total. The van der Waals surface area contributed by atoms with Crippen LogP contribution in [-0.2, 0) is 6.42 Å². The van der Waals surface area contributed by atoms with Crippen molar-refractivity contribution >= 4 is 39.7 Å². The van der Waals surface area contributed by atoms with Crippen molar-refractivity contribution < 1.29 is 5.11 Å². The van der Waals surface area contributed by atoms with Gasteiger partial charge in [0.2, 0.25) is 0 Å². The zero-order chi connectivity index (χ0) is 23.8. The molecule has 178 valence electrons. The highest BCUT2D eigenvalue weighted by molar-refractivity contribution is 6.32. The highest BCUT2D eigenvalue weighted by Crippen LogP contribution is 2.39. The summed E-state index contributed by atoms with van der Waals surface area (Å²) >= 11 is 6.19. The Morgan fingerprint density at radius 3 is 2.51 bits per heavy atom. The van der Waals surface area contributed by atoms with E-state index < -0.39 is 0 Å². The molecule has 3 heterocycles. The van der Waals surface area contributed by atoms with Crippen molar-refractivity contribution in [3.63, 3.8) is 0 Å². The van der Waals surface area contributed by atoms with Gasteiger partial charge < -0.3 is 20.6 Å². The van der Waals surface area contributed by atoms with E-state index in [0.717, 1.165) is 77.7 Å². The van der Waals surface area contributed by atoms with Crippen LogP contribution < -0.4 is 15.5 Å². The molecule has 0 atom stereocenters. The Labute approximate surface area is 210 Å². The van der Waals surface area contributed by atoms with Gasteiger partial charge in [-0.15, -0.1) is 0 Å². The van der Waals surface area contributed by atoms with E-state index in [2.05, 4.69) is 33.7 Å². The maximum absolute atomic E-state index is 9.83. The molecule has 2 aliphatic rings. The van der Waals surface area contributed by atoms with Crippen molar-refractivity contribution in [3.05, 3.63) is 71.5 Å². The number of phenols is 1. The summed E-state index contributed by atoms with van der Waals surface area (Å²) in [6.45, 7) is 4.00. The van der Waals surface area contributed by atoms with Gasteiger partial charge in [-0.1, -0.05) is 23.7 Å². The molecule has 0 unspecified atom stereocenters. The van der Waals surface area contributed by atoms with E-state index in [1.165, 1.54) is 18.4 Å². The van der Waals surface area contributed by atoms with E-state index in [0.29, 0.717) is 5.02 Å². The smallest absolute Gasteiger partial charge is 0.134 e. The molecule has 1 aliphatic heterocycles. The average Bonchev–Trinajstić information content (AvgIpc) is 3.72. The fourth-order valence-corrected chi connectivity index (χ4v) is 4.91. The Bertz CT molecular complexity index is 1360. The van der Waals surface area contributed by atoms with Gasteiger partial charge in [0, 0.05) is 37.8 Å². The highest BCUT2D eigenvalue weighted by Gasteiger charge is 2.24. The lowest BCUT2D eigenvalue weighted by Crippen LogP contribution is -2.43. The number of benzene rings is 2. The number of anilines is 3. The molecule has 0 bridgehead atoms. The minimum atomic E-state index is 0.0854. The zero-order valence-corrected chi connectivity index (χ0v) is 20.2. The highest BCUT2D eigenvalue weighted by atomic mass is 35.5. The van der Waals surface area contributed by atoms with E-state index >= 15 is 0 Å². The minimum Gasteiger partial charge on any atom is -0.506 e. The molecular weight excluding hydrogens is 458 g/mol. The summed E-state index contributed by atoms with van der Waals surface area (Å²) in [5.41, 5.74) is 6.34. The second-order valence-corrected chi connectivity index (χ2v) is 9.87. The topological polar surface area (TPSA) is 73.3 Å². The van der Waals surface area contributed by atoms with Gasteiger partial charge in [0.15, 0.2) is 0 Å². The van der Waals surface area contributed by atoms with Crippen LogP contribution in [0.25, 0.3) is 22.0 Å². The zero-order valence-electron chi connectivity index (χ0n) is 19.5. The summed E-state index contributed by atoms with van der Waals surface area (Å²) in [4.78, 5) is 11.9. The summed E-state index contributed by atoms with van der Waals surface area (Å²) in [6, 6.07) is 15.8. The molecule has 6 rings (SSSR count). The maximum Gasteiger partial charge on any atom is 0.134 e. The molecule has 35 heavy (non-hydrogen) atoms. The van der Waals surface area contributed by atoms with E-state index in [1.54, 1.807) is 12.1 Å². The summed E-state index contributed by atoms with van der Waals surface area (Å²) in [5.74, 6) is 1.64. The lowest BCUT2D eigenvalue weighted by Gasteiger charge is -2.29. The molecule has 4 aromatic rings. The third-order valence-corrected chi connectivity index (χ3v) is 7.22. The summed E-state index contributed by atoms with van der Waals surface area (Å²) in [6.07, 6.45) is 7.54. The van der Waals surface area contributed by atoms with E-state index in [1.807, 2.05) is 30.6 Å². The van der Waals surface area contributed by atoms with Crippen molar-refractivity contribution in [2.24, 2.45) is 5.92 Å². The van der Waals surface area contributed by atoms with Crippen molar-refractivity contribution in [3.8, 4) is 16.9 Å². The number of aromatic hydroxyl groups is 1. The van der Waals surface area contributed by atoms with Crippen LogP contribution in [0, 0.1) is 5.92 Å². The normalized spacial score (nSPS) is 16.0. The fourth-order valence-electron chi connectivity index (χ4n) is 4.73. The van der Waals surface area contributed by atoms with Gasteiger partial charge in [-0.05, 0) is 78.3 Å². The van der Waals surface area contributed by atoms with Crippen LogP contribution in [0.3, 0.4) is 0 Å². The molecule has 2 aromatic carbocycles. The first-order chi connectivity index (χ1) is 17.1. The number of piperazine rings is 1. The number of rotatable bonds is 6. The molecule has 2 aromatic heterocycles. The Morgan fingerprint density at radius 1 is 0.971 bits per heavy atom. The quantitative estimate of drug-likeness (QED) is 0.322. The molecule has 0 radical (unpaired) electrons. The Hall–Kier alpha value is -3.35. The number of hydrogen-bond donors (Lipinski definition) is 3. The first-order valence-electron chi connectivity index (χ1n) is 12.2. The van der Waals surface area contributed by atoms with Crippen molar-refractivity contribution in [1.82, 2.24) is 15.3 Å². The fraction of sp³-hybridized carbons (Fsp3) is 0.286. The molecule has 0 amide bonds. The van der Waals surface area contributed by atoms with Crippen LogP contribution in [0.1, 0.15) is 18.4 Å². The number of nitrogens with one attached hydrogen (secondary N) is 2. The molecule has 1 saturated heterocycles. The number of fused-ring (bicyclic) bond motifs is 1. The molecule has 7 heteroatoms.